The molecule has 2 unspecified atom stereocenters. The van der Waals surface area contributed by atoms with Crippen molar-refractivity contribution in [2.45, 2.75) is 25.3 Å². The summed E-state index contributed by atoms with van der Waals surface area (Å²) in [6.07, 6.45) is 3.20. The topological polar surface area (TPSA) is 81.1 Å². The zero-order valence-electron chi connectivity index (χ0n) is 6.55. The van der Waals surface area contributed by atoms with Crippen molar-refractivity contribution in [3.05, 3.63) is 0 Å². The molecule has 5 N–H and O–H groups in total. The molecule has 0 aromatic carbocycles. The van der Waals surface area contributed by atoms with Gasteiger partial charge in [0, 0.05) is 12.6 Å². The molecular weight excluding hydrogens is 142 g/mol. The monoisotopic (exact) mass is 157 g/mol. The number of rotatable bonds is 2. The number of carbonyl (C=O) groups excluding carboxylic acids is 1. The Morgan fingerprint density at radius 2 is 2.27 bits per heavy atom. The Bertz CT molecular complexity index is 149. The Labute approximate surface area is 66.3 Å². The van der Waals surface area contributed by atoms with E-state index in [-0.39, 0.29) is 0 Å². The normalized spacial score (nSPS) is 30.3. The van der Waals surface area contributed by atoms with Gasteiger partial charge in [0.05, 0.1) is 0 Å². The summed E-state index contributed by atoms with van der Waals surface area (Å²) >= 11 is 0. The fourth-order valence-electron chi connectivity index (χ4n) is 1.54. The third-order valence-electron chi connectivity index (χ3n) is 2.15. The van der Waals surface area contributed by atoms with E-state index >= 15 is 0 Å². The third-order valence-corrected chi connectivity index (χ3v) is 2.15. The smallest absolute Gasteiger partial charge is 0.312 e. The maximum atomic E-state index is 10.3. The van der Waals surface area contributed by atoms with Crippen molar-refractivity contribution in [1.29, 1.82) is 0 Å². The predicted octanol–water partition coefficient (Wildman–Crippen LogP) is -0.218. The van der Waals surface area contributed by atoms with Crippen molar-refractivity contribution in [3.63, 3.8) is 0 Å². The first-order valence-corrected chi connectivity index (χ1v) is 3.97. The standard InChI is InChI=1S/C7H15N3O/c8-6-2-1-5(3-6)4-10-7(9)11/h5-6H,1-4,8H2,(H3,9,10,11). The van der Waals surface area contributed by atoms with E-state index in [1.807, 2.05) is 0 Å². The number of amides is 2. The summed E-state index contributed by atoms with van der Waals surface area (Å²) < 4.78 is 0. The summed E-state index contributed by atoms with van der Waals surface area (Å²) in [5.41, 5.74) is 10.6. The van der Waals surface area contributed by atoms with Crippen LogP contribution in [-0.4, -0.2) is 18.6 Å². The second-order valence-corrected chi connectivity index (χ2v) is 3.18. The molecule has 1 rings (SSSR count). The van der Waals surface area contributed by atoms with Crippen LogP contribution in [0.1, 0.15) is 19.3 Å². The average molecular weight is 157 g/mol. The summed E-state index contributed by atoms with van der Waals surface area (Å²) in [5, 5.41) is 2.59. The van der Waals surface area contributed by atoms with E-state index in [1.54, 1.807) is 0 Å². The van der Waals surface area contributed by atoms with Crippen molar-refractivity contribution in [2.75, 3.05) is 6.54 Å². The third kappa shape index (κ3) is 2.76. The number of hydrogen-bond donors (Lipinski definition) is 3. The van der Waals surface area contributed by atoms with Crippen LogP contribution in [-0.2, 0) is 0 Å². The van der Waals surface area contributed by atoms with E-state index in [1.165, 1.54) is 0 Å². The predicted molar refractivity (Wildman–Crippen MR) is 42.9 cm³/mol. The van der Waals surface area contributed by atoms with Crippen LogP contribution < -0.4 is 16.8 Å². The van der Waals surface area contributed by atoms with Gasteiger partial charge in [0.1, 0.15) is 0 Å². The molecule has 1 fully saturated rings. The molecule has 1 aliphatic rings. The zero-order valence-corrected chi connectivity index (χ0v) is 6.55. The van der Waals surface area contributed by atoms with Crippen LogP contribution in [0.5, 0.6) is 0 Å². The highest BCUT2D eigenvalue weighted by Gasteiger charge is 2.21. The molecule has 11 heavy (non-hydrogen) atoms. The second kappa shape index (κ2) is 3.57. The van der Waals surface area contributed by atoms with Crippen LogP contribution in [0.3, 0.4) is 0 Å². The molecule has 2 amide bonds. The van der Waals surface area contributed by atoms with Gasteiger partial charge in [0.2, 0.25) is 0 Å². The van der Waals surface area contributed by atoms with Crippen LogP contribution >= 0.6 is 0 Å². The molecule has 1 aliphatic carbocycles. The average Bonchev–Trinajstić information content (AvgIpc) is 2.31. The van der Waals surface area contributed by atoms with Crippen molar-refractivity contribution in [1.82, 2.24) is 5.32 Å². The number of carbonyl (C=O) groups is 1. The summed E-state index contributed by atoms with van der Waals surface area (Å²) in [7, 11) is 0. The highest BCUT2D eigenvalue weighted by atomic mass is 16.2. The molecule has 4 heteroatoms. The molecule has 0 bridgehead atoms. The first-order chi connectivity index (χ1) is 5.18. The van der Waals surface area contributed by atoms with Gasteiger partial charge in [-0.05, 0) is 25.2 Å². The molecule has 0 aromatic heterocycles. The minimum Gasteiger partial charge on any atom is -0.352 e. The Morgan fingerprint density at radius 1 is 1.55 bits per heavy atom. The lowest BCUT2D eigenvalue weighted by atomic mass is 10.1. The molecule has 0 saturated heterocycles. The second-order valence-electron chi connectivity index (χ2n) is 3.18. The fourth-order valence-corrected chi connectivity index (χ4v) is 1.54. The highest BCUT2D eigenvalue weighted by Crippen LogP contribution is 2.22. The molecule has 64 valence electrons. The van der Waals surface area contributed by atoms with E-state index in [0.29, 0.717) is 18.5 Å². The van der Waals surface area contributed by atoms with Crippen molar-refractivity contribution < 1.29 is 4.79 Å². The molecule has 0 spiro atoms. The Morgan fingerprint density at radius 3 is 2.73 bits per heavy atom. The molecule has 0 heterocycles. The molecular formula is C7H15N3O. The first kappa shape index (κ1) is 8.33. The lowest BCUT2D eigenvalue weighted by molar-refractivity contribution is 0.247. The summed E-state index contributed by atoms with van der Waals surface area (Å²) in [6, 6.07) is -0.111. The van der Waals surface area contributed by atoms with E-state index in [4.69, 9.17) is 11.5 Å². The van der Waals surface area contributed by atoms with Gasteiger partial charge in [-0.3, -0.25) is 0 Å². The van der Waals surface area contributed by atoms with Gasteiger partial charge in [-0.15, -0.1) is 0 Å². The van der Waals surface area contributed by atoms with E-state index in [2.05, 4.69) is 5.32 Å². The van der Waals surface area contributed by atoms with Crippen LogP contribution in [0.25, 0.3) is 0 Å². The number of urea groups is 1. The Balaban J connectivity index is 2.13. The lowest BCUT2D eigenvalue weighted by Crippen LogP contribution is -2.33. The van der Waals surface area contributed by atoms with Crippen molar-refractivity contribution >= 4 is 6.03 Å². The van der Waals surface area contributed by atoms with Crippen LogP contribution in [0.15, 0.2) is 0 Å². The quantitative estimate of drug-likeness (QED) is 0.518. The number of nitrogens with one attached hydrogen (secondary N) is 1. The Hall–Kier alpha value is -0.770. The molecule has 0 aliphatic heterocycles. The summed E-state index contributed by atoms with van der Waals surface area (Å²) in [6.45, 7) is 0.684. The van der Waals surface area contributed by atoms with Crippen molar-refractivity contribution in [2.24, 2.45) is 17.4 Å². The molecule has 4 nitrogen and oxygen atoms in total. The van der Waals surface area contributed by atoms with E-state index < -0.39 is 6.03 Å². The summed E-state index contributed by atoms with van der Waals surface area (Å²) in [5.74, 6) is 0.539. The van der Waals surface area contributed by atoms with Gasteiger partial charge in [0.25, 0.3) is 0 Å². The number of nitrogens with two attached hydrogens (primary N) is 2. The lowest BCUT2D eigenvalue weighted by Gasteiger charge is -2.08. The van der Waals surface area contributed by atoms with Gasteiger partial charge >= 0.3 is 6.03 Å². The molecule has 0 radical (unpaired) electrons. The van der Waals surface area contributed by atoms with Gasteiger partial charge < -0.3 is 16.8 Å². The summed E-state index contributed by atoms with van der Waals surface area (Å²) in [4.78, 5) is 10.3. The Kier molecular flexibility index (Phi) is 2.70. The first-order valence-electron chi connectivity index (χ1n) is 3.97. The van der Waals surface area contributed by atoms with Gasteiger partial charge in [-0.2, -0.15) is 0 Å². The van der Waals surface area contributed by atoms with Crippen molar-refractivity contribution in [3.8, 4) is 0 Å². The maximum absolute atomic E-state index is 10.3. The van der Waals surface area contributed by atoms with Gasteiger partial charge in [-0.25, -0.2) is 4.79 Å². The highest BCUT2D eigenvalue weighted by molar-refractivity contribution is 5.71. The van der Waals surface area contributed by atoms with Crippen LogP contribution in [0.4, 0.5) is 4.79 Å². The maximum Gasteiger partial charge on any atom is 0.312 e. The SMILES string of the molecule is NC(=O)NCC1CCC(N)C1. The number of hydrogen-bond acceptors (Lipinski definition) is 2. The van der Waals surface area contributed by atoms with E-state index in [0.717, 1.165) is 19.3 Å². The molecule has 0 aromatic rings. The van der Waals surface area contributed by atoms with Gasteiger partial charge in [-0.1, -0.05) is 0 Å². The van der Waals surface area contributed by atoms with Crippen LogP contribution in [0, 0.1) is 5.92 Å². The van der Waals surface area contributed by atoms with Gasteiger partial charge in [0.15, 0.2) is 0 Å². The molecule has 2 atom stereocenters. The minimum absolute atomic E-state index is 0.328. The largest absolute Gasteiger partial charge is 0.352 e. The zero-order chi connectivity index (χ0) is 8.27. The van der Waals surface area contributed by atoms with Crippen LogP contribution in [0.2, 0.25) is 0 Å². The van der Waals surface area contributed by atoms with E-state index in [9.17, 15) is 4.79 Å². The fraction of sp³-hybridized carbons (Fsp3) is 0.857. The minimum atomic E-state index is -0.439. The number of primary amides is 1. The molecule has 1 saturated carbocycles.